The summed E-state index contributed by atoms with van der Waals surface area (Å²) in [5.41, 5.74) is 0.718. The smallest absolute Gasteiger partial charge is 0.260 e. The lowest BCUT2D eigenvalue weighted by molar-refractivity contribution is 0.0640. The Morgan fingerprint density at radius 3 is 3.00 bits per heavy atom. The Morgan fingerprint density at radius 2 is 2.25 bits per heavy atom. The molecule has 1 N–H and O–H groups in total. The molecule has 20 heavy (non-hydrogen) atoms. The average Bonchev–Trinajstić information content (AvgIpc) is 2.91. The van der Waals surface area contributed by atoms with E-state index in [0.717, 1.165) is 24.4 Å². The predicted molar refractivity (Wildman–Crippen MR) is 78.4 cm³/mol. The molecule has 6 heteroatoms. The van der Waals surface area contributed by atoms with Crippen molar-refractivity contribution in [2.24, 2.45) is 0 Å². The molecule has 0 saturated heterocycles. The normalized spacial score (nSPS) is 12.6. The standard InChI is InChI=1S/C14H22N4O2/c1-4-6-15-12-9-18-8-7-16-13(18)14(17-12)20-11(3)10-19-5-2/h7-9,11,15H,4-6,10H2,1-3H3. The van der Waals surface area contributed by atoms with Crippen LogP contribution in [0, 0.1) is 0 Å². The van der Waals surface area contributed by atoms with Gasteiger partial charge in [0.2, 0.25) is 5.65 Å². The Morgan fingerprint density at radius 1 is 1.40 bits per heavy atom. The van der Waals surface area contributed by atoms with E-state index in [9.17, 15) is 0 Å². The molecule has 0 aliphatic carbocycles. The minimum Gasteiger partial charge on any atom is -0.470 e. The predicted octanol–water partition coefficient (Wildman–Crippen LogP) is 2.36. The van der Waals surface area contributed by atoms with E-state index >= 15 is 0 Å². The molecule has 2 rings (SSSR count). The molecule has 0 aliphatic rings. The molecule has 0 bridgehead atoms. The first-order valence-electron chi connectivity index (χ1n) is 7.06. The molecule has 110 valence electrons. The number of anilines is 1. The van der Waals surface area contributed by atoms with E-state index in [4.69, 9.17) is 9.47 Å². The summed E-state index contributed by atoms with van der Waals surface area (Å²) in [6.07, 6.45) is 6.51. The van der Waals surface area contributed by atoms with Gasteiger partial charge in [-0.25, -0.2) is 4.98 Å². The summed E-state index contributed by atoms with van der Waals surface area (Å²) in [5.74, 6) is 1.32. The number of ether oxygens (including phenoxy) is 2. The summed E-state index contributed by atoms with van der Waals surface area (Å²) < 4.78 is 13.1. The number of rotatable bonds is 8. The average molecular weight is 278 g/mol. The first-order chi connectivity index (χ1) is 9.74. The van der Waals surface area contributed by atoms with Crippen LogP contribution in [0.5, 0.6) is 5.88 Å². The molecule has 1 atom stereocenters. The molecule has 0 saturated carbocycles. The molecule has 0 spiro atoms. The lowest BCUT2D eigenvalue weighted by Crippen LogP contribution is -2.20. The highest BCUT2D eigenvalue weighted by atomic mass is 16.5. The number of hydrogen-bond acceptors (Lipinski definition) is 5. The molecule has 6 nitrogen and oxygen atoms in total. The zero-order valence-electron chi connectivity index (χ0n) is 12.3. The summed E-state index contributed by atoms with van der Waals surface area (Å²) in [6, 6.07) is 0. The fourth-order valence-electron chi connectivity index (χ4n) is 1.83. The highest BCUT2D eigenvalue weighted by Gasteiger charge is 2.12. The molecule has 0 aromatic carbocycles. The van der Waals surface area contributed by atoms with E-state index in [2.05, 4.69) is 22.2 Å². The van der Waals surface area contributed by atoms with Crippen LogP contribution in [0.4, 0.5) is 5.82 Å². The first kappa shape index (κ1) is 14.6. The highest BCUT2D eigenvalue weighted by Crippen LogP contribution is 2.20. The first-order valence-corrected chi connectivity index (χ1v) is 7.06. The zero-order valence-corrected chi connectivity index (χ0v) is 12.3. The van der Waals surface area contributed by atoms with Crippen molar-refractivity contribution >= 4 is 11.5 Å². The van der Waals surface area contributed by atoms with E-state index in [-0.39, 0.29) is 6.10 Å². The Kier molecular flexibility index (Phi) is 5.17. The summed E-state index contributed by atoms with van der Waals surface area (Å²) >= 11 is 0. The van der Waals surface area contributed by atoms with Crippen LogP contribution < -0.4 is 10.1 Å². The third-order valence-corrected chi connectivity index (χ3v) is 2.77. The lowest BCUT2D eigenvalue weighted by atomic mass is 10.4. The van der Waals surface area contributed by atoms with Gasteiger partial charge in [-0.1, -0.05) is 6.92 Å². The van der Waals surface area contributed by atoms with Gasteiger partial charge < -0.3 is 14.8 Å². The van der Waals surface area contributed by atoms with E-state index in [1.54, 1.807) is 6.20 Å². The van der Waals surface area contributed by atoms with Crippen LogP contribution in [0.25, 0.3) is 5.65 Å². The summed E-state index contributed by atoms with van der Waals surface area (Å²) in [7, 11) is 0. The molecule has 0 fully saturated rings. The van der Waals surface area contributed by atoms with Gasteiger partial charge in [0.1, 0.15) is 11.9 Å². The quantitative estimate of drug-likeness (QED) is 0.803. The van der Waals surface area contributed by atoms with Gasteiger partial charge in [0, 0.05) is 25.5 Å². The maximum atomic E-state index is 5.85. The van der Waals surface area contributed by atoms with Crippen LogP contribution >= 0.6 is 0 Å². The van der Waals surface area contributed by atoms with E-state index in [1.807, 2.05) is 30.6 Å². The molecule has 1 unspecified atom stereocenters. The molecule has 2 heterocycles. The molecular formula is C14H22N4O2. The topological polar surface area (TPSA) is 60.7 Å². The Balaban J connectivity index is 2.18. The van der Waals surface area contributed by atoms with Gasteiger partial charge in [0.15, 0.2) is 0 Å². The van der Waals surface area contributed by atoms with E-state index in [0.29, 0.717) is 19.1 Å². The molecule has 0 radical (unpaired) electrons. The van der Waals surface area contributed by atoms with Gasteiger partial charge in [-0.15, -0.1) is 0 Å². The molecular weight excluding hydrogens is 256 g/mol. The Bertz CT molecular complexity index is 541. The number of aromatic nitrogens is 3. The fourth-order valence-corrected chi connectivity index (χ4v) is 1.83. The maximum absolute atomic E-state index is 5.85. The number of imidazole rings is 1. The van der Waals surface area contributed by atoms with E-state index < -0.39 is 0 Å². The largest absolute Gasteiger partial charge is 0.470 e. The summed E-state index contributed by atoms with van der Waals surface area (Å²) in [6.45, 7) is 8.14. The molecule has 0 aliphatic heterocycles. The van der Waals surface area contributed by atoms with Gasteiger partial charge >= 0.3 is 0 Å². The Hall–Kier alpha value is -1.82. The molecule has 2 aromatic heterocycles. The van der Waals surface area contributed by atoms with Crippen molar-refractivity contribution in [3.05, 3.63) is 18.6 Å². The van der Waals surface area contributed by atoms with Crippen molar-refractivity contribution in [1.82, 2.24) is 14.4 Å². The summed E-state index contributed by atoms with van der Waals surface area (Å²) in [4.78, 5) is 8.77. The van der Waals surface area contributed by atoms with Crippen LogP contribution in [0.3, 0.4) is 0 Å². The van der Waals surface area contributed by atoms with Crippen molar-refractivity contribution in [3.8, 4) is 5.88 Å². The van der Waals surface area contributed by atoms with Crippen LogP contribution in [-0.2, 0) is 4.74 Å². The van der Waals surface area contributed by atoms with Crippen molar-refractivity contribution in [1.29, 1.82) is 0 Å². The third-order valence-electron chi connectivity index (χ3n) is 2.77. The van der Waals surface area contributed by atoms with E-state index in [1.165, 1.54) is 0 Å². The lowest BCUT2D eigenvalue weighted by Gasteiger charge is -2.15. The third kappa shape index (κ3) is 3.60. The highest BCUT2D eigenvalue weighted by molar-refractivity contribution is 5.53. The van der Waals surface area contributed by atoms with Crippen molar-refractivity contribution < 1.29 is 9.47 Å². The number of fused-ring (bicyclic) bond motifs is 1. The second kappa shape index (κ2) is 7.09. The zero-order chi connectivity index (χ0) is 14.4. The van der Waals surface area contributed by atoms with Gasteiger partial charge in [-0.05, 0) is 20.3 Å². The number of hydrogen-bond donors (Lipinski definition) is 1. The maximum Gasteiger partial charge on any atom is 0.260 e. The van der Waals surface area contributed by atoms with Crippen molar-refractivity contribution in [2.75, 3.05) is 25.1 Å². The van der Waals surface area contributed by atoms with Crippen LogP contribution in [0.15, 0.2) is 18.6 Å². The van der Waals surface area contributed by atoms with Gasteiger partial charge in [-0.3, -0.25) is 4.40 Å². The minimum atomic E-state index is -0.0654. The van der Waals surface area contributed by atoms with Crippen molar-refractivity contribution in [2.45, 2.75) is 33.3 Å². The van der Waals surface area contributed by atoms with Crippen LogP contribution in [0.2, 0.25) is 0 Å². The minimum absolute atomic E-state index is 0.0654. The fraction of sp³-hybridized carbons (Fsp3) is 0.571. The van der Waals surface area contributed by atoms with Crippen molar-refractivity contribution in [3.63, 3.8) is 0 Å². The molecule has 0 amide bonds. The SMILES string of the molecule is CCCNc1cn2ccnc2c(OC(C)COCC)n1. The number of nitrogens with zero attached hydrogens (tertiary/aromatic N) is 3. The molecule has 2 aromatic rings. The van der Waals surface area contributed by atoms with Gasteiger partial charge in [0.25, 0.3) is 5.88 Å². The van der Waals surface area contributed by atoms with Gasteiger partial charge in [0.05, 0.1) is 12.8 Å². The van der Waals surface area contributed by atoms with Crippen LogP contribution in [0.1, 0.15) is 27.2 Å². The van der Waals surface area contributed by atoms with Crippen LogP contribution in [-0.4, -0.2) is 40.2 Å². The monoisotopic (exact) mass is 278 g/mol. The van der Waals surface area contributed by atoms with Gasteiger partial charge in [-0.2, -0.15) is 4.98 Å². The second-order valence-electron chi connectivity index (χ2n) is 4.60. The number of nitrogens with one attached hydrogen (secondary N) is 1. The second-order valence-corrected chi connectivity index (χ2v) is 4.60. The Labute approximate surface area is 119 Å². The summed E-state index contributed by atoms with van der Waals surface area (Å²) in [5, 5.41) is 3.26.